The number of ether oxygens (including phenoxy) is 3. The minimum absolute atomic E-state index is 0.00624. The molecular weight excluding hydrogens is 260 g/mol. The van der Waals surface area contributed by atoms with E-state index in [1.807, 2.05) is 0 Å². The molecule has 0 amide bonds. The Hall–Kier alpha value is -1.46. The van der Waals surface area contributed by atoms with Crippen LogP contribution in [0.5, 0.6) is 11.5 Å². The fraction of sp³-hybridized carbons (Fsp3) is 0.417. The first-order valence-electron chi connectivity index (χ1n) is 5.32. The van der Waals surface area contributed by atoms with Crippen molar-refractivity contribution in [1.82, 2.24) is 0 Å². The monoisotopic (exact) mass is 274 g/mol. The minimum atomic E-state index is -0.652. The van der Waals surface area contributed by atoms with Crippen molar-refractivity contribution in [3.05, 3.63) is 22.7 Å². The number of esters is 1. The SMILES string of the molecule is COCCCOc1cc(O)c(C(=O)OC)cc1Cl. The lowest BCUT2D eigenvalue weighted by Crippen LogP contribution is -2.04. The van der Waals surface area contributed by atoms with Gasteiger partial charge in [0.15, 0.2) is 0 Å². The van der Waals surface area contributed by atoms with E-state index in [9.17, 15) is 9.90 Å². The summed E-state index contributed by atoms with van der Waals surface area (Å²) >= 11 is 5.94. The Morgan fingerprint density at radius 3 is 2.67 bits per heavy atom. The number of carbonyl (C=O) groups is 1. The zero-order chi connectivity index (χ0) is 13.5. The maximum Gasteiger partial charge on any atom is 0.341 e. The standard InChI is InChI=1S/C12H15ClO5/c1-16-4-3-5-18-11-7-10(14)8(6-9(11)13)12(15)17-2/h6-7,14H,3-5H2,1-2H3. The molecule has 0 saturated carbocycles. The zero-order valence-electron chi connectivity index (χ0n) is 10.2. The smallest absolute Gasteiger partial charge is 0.341 e. The van der Waals surface area contributed by atoms with Crippen LogP contribution in [0.3, 0.4) is 0 Å². The van der Waals surface area contributed by atoms with Crippen LogP contribution in [0.2, 0.25) is 5.02 Å². The minimum Gasteiger partial charge on any atom is -0.507 e. The van der Waals surface area contributed by atoms with E-state index in [0.717, 1.165) is 0 Å². The van der Waals surface area contributed by atoms with Gasteiger partial charge in [-0.1, -0.05) is 11.6 Å². The Labute approximate surface area is 110 Å². The number of rotatable bonds is 6. The Balaban J connectivity index is 2.77. The third-order valence-corrected chi connectivity index (χ3v) is 2.50. The summed E-state index contributed by atoms with van der Waals surface area (Å²) in [5.41, 5.74) is 0.00624. The number of phenols is 1. The van der Waals surface area contributed by atoms with Gasteiger partial charge in [0.05, 0.1) is 18.7 Å². The summed E-state index contributed by atoms with van der Waals surface area (Å²) in [6.45, 7) is 0.981. The van der Waals surface area contributed by atoms with E-state index in [-0.39, 0.29) is 16.3 Å². The predicted octanol–water partition coefficient (Wildman–Crippen LogP) is 2.25. The summed E-state index contributed by atoms with van der Waals surface area (Å²) in [4.78, 5) is 11.3. The molecule has 0 unspecified atom stereocenters. The summed E-state index contributed by atoms with van der Waals surface area (Å²) in [6, 6.07) is 2.61. The van der Waals surface area contributed by atoms with Crippen molar-refractivity contribution < 1.29 is 24.1 Å². The molecule has 0 aromatic heterocycles. The molecule has 0 aliphatic rings. The number of phenolic OH excluding ortho intramolecular Hbond substituents is 1. The van der Waals surface area contributed by atoms with Crippen LogP contribution < -0.4 is 4.74 Å². The van der Waals surface area contributed by atoms with Crippen LogP contribution in [0, 0.1) is 0 Å². The van der Waals surface area contributed by atoms with Crippen molar-refractivity contribution in [2.75, 3.05) is 27.4 Å². The molecular formula is C12H15ClO5. The van der Waals surface area contributed by atoms with Crippen molar-refractivity contribution >= 4 is 17.6 Å². The number of carbonyl (C=O) groups excluding carboxylic acids is 1. The lowest BCUT2D eigenvalue weighted by Gasteiger charge is -2.10. The van der Waals surface area contributed by atoms with E-state index >= 15 is 0 Å². The van der Waals surface area contributed by atoms with E-state index in [2.05, 4.69) is 4.74 Å². The third-order valence-electron chi connectivity index (χ3n) is 2.21. The van der Waals surface area contributed by atoms with Crippen LogP contribution in [0.25, 0.3) is 0 Å². The van der Waals surface area contributed by atoms with Crippen molar-refractivity contribution in [2.24, 2.45) is 0 Å². The quantitative estimate of drug-likeness (QED) is 0.637. The van der Waals surface area contributed by atoms with E-state index in [0.29, 0.717) is 25.4 Å². The molecule has 0 radical (unpaired) electrons. The Morgan fingerprint density at radius 1 is 1.33 bits per heavy atom. The molecule has 0 saturated heterocycles. The molecule has 1 aromatic carbocycles. The summed E-state index contributed by atoms with van der Waals surface area (Å²) in [6.07, 6.45) is 0.701. The largest absolute Gasteiger partial charge is 0.507 e. The molecule has 1 rings (SSSR count). The fourth-order valence-electron chi connectivity index (χ4n) is 1.31. The summed E-state index contributed by atoms with van der Waals surface area (Å²) < 4.78 is 14.7. The molecule has 18 heavy (non-hydrogen) atoms. The van der Waals surface area contributed by atoms with E-state index in [4.69, 9.17) is 21.1 Å². The highest BCUT2D eigenvalue weighted by Gasteiger charge is 2.15. The van der Waals surface area contributed by atoms with Crippen LogP contribution in [-0.4, -0.2) is 38.5 Å². The first-order valence-corrected chi connectivity index (χ1v) is 5.70. The normalized spacial score (nSPS) is 10.2. The van der Waals surface area contributed by atoms with E-state index in [1.54, 1.807) is 7.11 Å². The Morgan fingerprint density at radius 2 is 2.06 bits per heavy atom. The maximum atomic E-state index is 11.3. The highest BCUT2D eigenvalue weighted by Crippen LogP contribution is 2.32. The van der Waals surface area contributed by atoms with Crippen LogP contribution >= 0.6 is 11.6 Å². The van der Waals surface area contributed by atoms with E-state index in [1.165, 1.54) is 19.2 Å². The van der Waals surface area contributed by atoms with Crippen LogP contribution in [0.1, 0.15) is 16.8 Å². The average molecular weight is 275 g/mol. The zero-order valence-corrected chi connectivity index (χ0v) is 11.0. The van der Waals surface area contributed by atoms with Gasteiger partial charge in [-0.05, 0) is 6.07 Å². The highest BCUT2D eigenvalue weighted by molar-refractivity contribution is 6.32. The van der Waals surface area contributed by atoms with Crippen molar-refractivity contribution in [3.63, 3.8) is 0 Å². The molecule has 0 spiro atoms. The number of benzene rings is 1. The number of aromatic hydroxyl groups is 1. The van der Waals surface area contributed by atoms with Gasteiger partial charge in [0.1, 0.15) is 17.1 Å². The maximum absolute atomic E-state index is 11.3. The summed E-state index contributed by atoms with van der Waals surface area (Å²) in [5.74, 6) is -0.564. The average Bonchev–Trinajstić information content (AvgIpc) is 2.37. The first-order chi connectivity index (χ1) is 8.60. The summed E-state index contributed by atoms with van der Waals surface area (Å²) in [5, 5.41) is 9.90. The van der Waals surface area contributed by atoms with Crippen molar-refractivity contribution in [2.45, 2.75) is 6.42 Å². The predicted molar refractivity (Wildman–Crippen MR) is 66.4 cm³/mol. The number of halogens is 1. The molecule has 0 aliphatic carbocycles. The molecule has 1 aromatic rings. The van der Waals surface area contributed by atoms with Gasteiger partial charge in [-0.15, -0.1) is 0 Å². The molecule has 0 aliphatic heterocycles. The third kappa shape index (κ3) is 3.78. The molecule has 0 fully saturated rings. The summed E-state index contributed by atoms with van der Waals surface area (Å²) in [7, 11) is 2.83. The molecule has 100 valence electrons. The van der Waals surface area contributed by atoms with Gasteiger partial charge < -0.3 is 19.3 Å². The van der Waals surface area contributed by atoms with Gasteiger partial charge in [0.2, 0.25) is 0 Å². The molecule has 0 atom stereocenters. The lowest BCUT2D eigenvalue weighted by atomic mass is 10.2. The molecule has 1 N–H and O–H groups in total. The van der Waals surface area contributed by atoms with Crippen LogP contribution in [-0.2, 0) is 9.47 Å². The molecule has 6 heteroatoms. The second-order valence-corrected chi connectivity index (χ2v) is 3.89. The number of methoxy groups -OCH3 is 2. The van der Waals surface area contributed by atoms with Gasteiger partial charge in [0, 0.05) is 26.2 Å². The Bertz CT molecular complexity index is 419. The van der Waals surface area contributed by atoms with Crippen molar-refractivity contribution in [1.29, 1.82) is 0 Å². The van der Waals surface area contributed by atoms with Gasteiger partial charge in [0.25, 0.3) is 0 Å². The second-order valence-electron chi connectivity index (χ2n) is 3.49. The van der Waals surface area contributed by atoms with Gasteiger partial charge >= 0.3 is 5.97 Å². The number of hydrogen-bond donors (Lipinski definition) is 1. The van der Waals surface area contributed by atoms with E-state index < -0.39 is 5.97 Å². The first kappa shape index (κ1) is 14.6. The van der Waals surface area contributed by atoms with Gasteiger partial charge in [-0.3, -0.25) is 0 Å². The fourth-order valence-corrected chi connectivity index (χ4v) is 1.53. The highest BCUT2D eigenvalue weighted by atomic mass is 35.5. The second kappa shape index (κ2) is 7.08. The lowest BCUT2D eigenvalue weighted by molar-refractivity contribution is 0.0597. The van der Waals surface area contributed by atoms with Crippen LogP contribution in [0.4, 0.5) is 0 Å². The Kier molecular flexibility index (Phi) is 5.74. The number of hydrogen-bond acceptors (Lipinski definition) is 5. The van der Waals surface area contributed by atoms with Gasteiger partial charge in [-0.2, -0.15) is 0 Å². The van der Waals surface area contributed by atoms with Crippen LogP contribution in [0.15, 0.2) is 12.1 Å². The topological polar surface area (TPSA) is 65.0 Å². The van der Waals surface area contributed by atoms with Gasteiger partial charge in [-0.25, -0.2) is 4.79 Å². The van der Waals surface area contributed by atoms with Crippen molar-refractivity contribution in [3.8, 4) is 11.5 Å². The molecule has 0 heterocycles. The molecule has 5 nitrogen and oxygen atoms in total. The molecule has 0 bridgehead atoms.